The molecular formula is C15H22N2O4. The van der Waals surface area contributed by atoms with Crippen LogP contribution in [-0.2, 0) is 0 Å². The molecule has 0 heterocycles. The van der Waals surface area contributed by atoms with Crippen molar-refractivity contribution in [3.63, 3.8) is 0 Å². The molecule has 116 valence electrons. The zero-order chi connectivity index (χ0) is 16.0. The van der Waals surface area contributed by atoms with Crippen molar-refractivity contribution in [3.05, 3.63) is 23.8 Å². The molecule has 0 saturated heterocycles. The lowest BCUT2D eigenvalue weighted by molar-refractivity contribution is 0.0696. The minimum absolute atomic E-state index is 0.0384. The number of amides is 2. The second-order valence-electron chi connectivity index (χ2n) is 4.96. The summed E-state index contributed by atoms with van der Waals surface area (Å²) in [7, 11) is 0. The maximum Gasteiger partial charge on any atom is 0.335 e. The van der Waals surface area contributed by atoms with E-state index in [0.29, 0.717) is 0 Å². The second kappa shape index (κ2) is 6.97. The van der Waals surface area contributed by atoms with E-state index in [4.69, 9.17) is 5.11 Å². The average Bonchev–Trinajstić information content (AvgIpc) is 2.47. The van der Waals surface area contributed by atoms with Crippen LogP contribution in [-0.4, -0.2) is 27.8 Å². The van der Waals surface area contributed by atoms with Gasteiger partial charge in [-0.1, -0.05) is 20.8 Å². The Bertz CT molecular complexity index is 516. The van der Waals surface area contributed by atoms with Crippen LogP contribution in [0.1, 0.15) is 50.4 Å². The largest absolute Gasteiger partial charge is 0.506 e. The van der Waals surface area contributed by atoms with Gasteiger partial charge in [0, 0.05) is 5.54 Å². The van der Waals surface area contributed by atoms with Gasteiger partial charge in [-0.25, -0.2) is 9.59 Å². The number of aromatic hydroxyl groups is 1. The van der Waals surface area contributed by atoms with Crippen LogP contribution in [0.2, 0.25) is 0 Å². The van der Waals surface area contributed by atoms with Crippen LogP contribution in [0.5, 0.6) is 5.75 Å². The number of hydrogen-bond acceptors (Lipinski definition) is 3. The van der Waals surface area contributed by atoms with Crippen LogP contribution in [0.3, 0.4) is 0 Å². The number of carbonyl (C=O) groups excluding carboxylic acids is 1. The molecular weight excluding hydrogens is 272 g/mol. The van der Waals surface area contributed by atoms with Gasteiger partial charge in [-0.05, 0) is 37.5 Å². The van der Waals surface area contributed by atoms with Gasteiger partial charge >= 0.3 is 12.0 Å². The highest BCUT2D eigenvalue weighted by Crippen LogP contribution is 2.25. The molecule has 0 aromatic heterocycles. The standard InChI is InChI=1S/C15H22N2O4/c1-4-15(5-2,6-3)17-14(21)16-11-8-7-10(13(19)20)9-12(11)18/h7-9,18H,4-6H2,1-3H3,(H,19,20)(H2,16,17,21). The van der Waals surface area contributed by atoms with Crippen LogP contribution in [0.25, 0.3) is 0 Å². The fourth-order valence-electron chi connectivity index (χ4n) is 2.18. The number of carboxylic acids is 1. The molecule has 0 aliphatic heterocycles. The SMILES string of the molecule is CCC(CC)(CC)NC(=O)Nc1ccc(C(=O)O)cc1O. The van der Waals surface area contributed by atoms with E-state index in [1.165, 1.54) is 12.1 Å². The van der Waals surface area contributed by atoms with E-state index in [0.717, 1.165) is 25.3 Å². The number of anilines is 1. The number of phenolic OH excluding ortho intramolecular Hbond substituents is 1. The molecule has 0 spiro atoms. The van der Waals surface area contributed by atoms with Gasteiger partial charge in [0.1, 0.15) is 5.75 Å². The smallest absolute Gasteiger partial charge is 0.335 e. The van der Waals surface area contributed by atoms with Crippen molar-refractivity contribution in [1.29, 1.82) is 0 Å². The van der Waals surface area contributed by atoms with Crippen molar-refractivity contribution in [3.8, 4) is 5.75 Å². The fourth-order valence-corrected chi connectivity index (χ4v) is 2.18. The molecule has 0 aliphatic rings. The predicted molar refractivity (Wildman–Crippen MR) is 80.8 cm³/mol. The molecule has 4 N–H and O–H groups in total. The second-order valence-corrected chi connectivity index (χ2v) is 4.96. The Kier molecular flexibility index (Phi) is 5.58. The summed E-state index contributed by atoms with van der Waals surface area (Å²) in [6.45, 7) is 6.02. The van der Waals surface area contributed by atoms with Gasteiger partial charge in [0.05, 0.1) is 11.3 Å². The summed E-state index contributed by atoms with van der Waals surface area (Å²) in [5.74, 6) is -1.41. The third kappa shape index (κ3) is 4.11. The summed E-state index contributed by atoms with van der Waals surface area (Å²) >= 11 is 0. The highest BCUT2D eigenvalue weighted by atomic mass is 16.4. The normalized spacial score (nSPS) is 11.0. The van der Waals surface area contributed by atoms with E-state index < -0.39 is 12.0 Å². The van der Waals surface area contributed by atoms with E-state index in [1.54, 1.807) is 0 Å². The van der Waals surface area contributed by atoms with E-state index >= 15 is 0 Å². The fraction of sp³-hybridized carbons (Fsp3) is 0.467. The van der Waals surface area contributed by atoms with Crippen molar-refractivity contribution in [2.45, 2.75) is 45.6 Å². The number of nitrogens with one attached hydrogen (secondary N) is 2. The first-order valence-electron chi connectivity index (χ1n) is 7.03. The molecule has 0 unspecified atom stereocenters. The minimum atomic E-state index is -1.14. The first-order valence-corrected chi connectivity index (χ1v) is 7.03. The maximum atomic E-state index is 12.0. The van der Waals surface area contributed by atoms with Crippen molar-refractivity contribution >= 4 is 17.7 Å². The monoisotopic (exact) mass is 294 g/mol. The van der Waals surface area contributed by atoms with Crippen molar-refractivity contribution in [1.82, 2.24) is 5.32 Å². The molecule has 6 nitrogen and oxygen atoms in total. The van der Waals surface area contributed by atoms with E-state index in [9.17, 15) is 14.7 Å². The van der Waals surface area contributed by atoms with Crippen LogP contribution in [0.4, 0.5) is 10.5 Å². The molecule has 1 rings (SSSR count). The quantitative estimate of drug-likeness (QED) is 0.605. The molecule has 0 radical (unpaired) electrons. The van der Waals surface area contributed by atoms with Gasteiger partial charge in [-0.15, -0.1) is 0 Å². The maximum absolute atomic E-state index is 12.0. The molecule has 0 saturated carbocycles. The van der Waals surface area contributed by atoms with Crippen LogP contribution in [0, 0.1) is 0 Å². The Morgan fingerprint density at radius 2 is 1.71 bits per heavy atom. The summed E-state index contributed by atoms with van der Waals surface area (Å²) in [6.07, 6.45) is 2.41. The summed E-state index contributed by atoms with van der Waals surface area (Å²) in [5.41, 5.74) is -0.140. The molecule has 0 atom stereocenters. The van der Waals surface area contributed by atoms with Crippen LogP contribution < -0.4 is 10.6 Å². The summed E-state index contributed by atoms with van der Waals surface area (Å²) in [6, 6.07) is 3.37. The topological polar surface area (TPSA) is 98.7 Å². The molecule has 21 heavy (non-hydrogen) atoms. The average molecular weight is 294 g/mol. The number of benzene rings is 1. The number of urea groups is 1. The van der Waals surface area contributed by atoms with Gasteiger partial charge in [-0.3, -0.25) is 0 Å². The first-order chi connectivity index (χ1) is 9.87. The summed E-state index contributed by atoms with van der Waals surface area (Å²) in [4.78, 5) is 22.8. The number of phenols is 1. The van der Waals surface area contributed by atoms with E-state index in [2.05, 4.69) is 10.6 Å². The molecule has 0 fully saturated rings. The zero-order valence-electron chi connectivity index (χ0n) is 12.6. The van der Waals surface area contributed by atoms with Crippen molar-refractivity contribution in [2.75, 3.05) is 5.32 Å². The lowest BCUT2D eigenvalue weighted by atomic mass is 9.90. The van der Waals surface area contributed by atoms with E-state index in [-0.39, 0.29) is 22.5 Å². The number of carbonyl (C=O) groups is 2. The molecule has 1 aromatic rings. The number of aromatic carboxylic acids is 1. The zero-order valence-corrected chi connectivity index (χ0v) is 12.6. The highest BCUT2D eigenvalue weighted by molar-refractivity contribution is 5.93. The Hall–Kier alpha value is -2.24. The van der Waals surface area contributed by atoms with Crippen LogP contribution in [0.15, 0.2) is 18.2 Å². The first kappa shape index (κ1) is 16.8. The number of carboxylic acid groups (broad SMARTS) is 1. The third-order valence-corrected chi connectivity index (χ3v) is 3.90. The third-order valence-electron chi connectivity index (χ3n) is 3.90. The van der Waals surface area contributed by atoms with Gasteiger partial charge in [0.15, 0.2) is 0 Å². The Balaban J connectivity index is 2.82. The lowest BCUT2D eigenvalue weighted by Crippen LogP contribution is -2.48. The van der Waals surface area contributed by atoms with E-state index in [1.807, 2.05) is 20.8 Å². The Morgan fingerprint density at radius 3 is 2.14 bits per heavy atom. The molecule has 1 aromatic carbocycles. The molecule has 2 amide bonds. The lowest BCUT2D eigenvalue weighted by Gasteiger charge is -2.31. The Morgan fingerprint density at radius 1 is 1.14 bits per heavy atom. The summed E-state index contributed by atoms with van der Waals surface area (Å²) in [5, 5.41) is 24.0. The van der Waals surface area contributed by atoms with Gasteiger partial charge < -0.3 is 20.8 Å². The molecule has 0 bridgehead atoms. The van der Waals surface area contributed by atoms with Gasteiger partial charge in [0.2, 0.25) is 0 Å². The molecule has 0 aliphatic carbocycles. The molecule has 6 heteroatoms. The minimum Gasteiger partial charge on any atom is -0.506 e. The van der Waals surface area contributed by atoms with Crippen molar-refractivity contribution in [2.24, 2.45) is 0 Å². The van der Waals surface area contributed by atoms with Gasteiger partial charge in [-0.2, -0.15) is 0 Å². The predicted octanol–water partition coefficient (Wildman–Crippen LogP) is 3.18. The highest BCUT2D eigenvalue weighted by Gasteiger charge is 2.26. The van der Waals surface area contributed by atoms with Crippen LogP contribution >= 0.6 is 0 Å². The van der Waals surface area contributed by atoms with Gasteiger partial charge in [0.25, 0.3) is 0 Å². The Labute approximate surface area is 124 Å². The number of hydrogen-bond donors (Lipinski definition) is 4. The van der Waals surface area contributed by atoms with Crippen molar-refractivity contribution < 1.29 is 19.8 Å². The summed E-state index contributed by atoms with van der Waals surface area (Å²) < 4.78 is 0. The number of rotatable bonds is 6.